The zero-order valence-electron chi connectivity index (χ0n) is 10.9. The van der Waals surface area contributed by atoms with Gasteiger partial charge >= 0.3 is 6.18 Å². The lowest BCUT2D eigenvalue weighted by Gasteiger charge is -2.13. The zero-order valence-corrected chi connectivity index (χ0v) is 10.9. The van der Waals surface area contributed by atoms with Crippen molar-refractivity contribution in [2.24, 2.45) is 0 Å². The minimum Gasteiger partial charge on any atom is -0.456 e. The SMILES string of the molecule is Cc1ccc(F)cc1Oc1ccc(C(F)(F)F)cc1C=O. The number of aryl methyl sites for hydroxylation is 1. The fourth-order valence-corrected chi connectivity index (χ4v) is 1.71. The van der Waals surface area contributed by atoms with Gasteiger partial charge in [-0.05, 0) is 36.8 Å². The number of benzene rings is 2. The molecule has 2 aromatic carbocycles. The maximum Gasteiger partial charge on any atom is 0.416 e. The molecule has 6 heteroatoms. The van der Waals surface area contributed by atoms with Gasteiger partial charge in [0.2, 0.25) is 0 Å². The number of alkyl halides is 3. The highest BCUT2D eigenvalue weighted by molar-refractivity contribution is 5.80. The fourth-order valence-electron chi connectivity index (χ4n) is 1.71. The van der Waals surface area contributed by atoms with Gasteiger partial charge in [0.05, 0.1) is 11.1 Å². The van der Waals surface area contributed by atoms with Gasteiger partial charge in [0.15, 0.2) is 6.29 Å². The molecule has 0 aliphatic heterocycles. The third kappa shape index (κ3) is 3.39. The molecule has 0 spiro atoms. The Morgan fingerprint density at radius 3 is 2.38 bits per heavy atom. The van der Waals surface area contributed by atoms with Crippen molar-refractivity contribution < 1.29 is 27.1 Å². The lowest BCUT2D eigenvalue weighted by atomic mass is 10.1. The van der Waals surface area contributed by atoms with Crippen molar-refractivity contribution in [3.05, 3.63) is 58.9 Å². The van der Waals surface area contributed by atoms with Gasteiger partial charge in [-0.1, -0.05) is 6.07 Å². The van der Waals surface area contributed by atoms with Crippen LogP contribution in [0.1, 0.15) is 21.5 Å². The smallest absolute Gasteiger partial charge is 0.416 e. The predicted molar refractivity (Wildman–Crippen MR) is 68.0 cm³/mol. The average molecular weight is 298 g/mol. The Kier molecular flexibility index (Phi) is 3.97. The summed E-state index contributed by atoms with van der Waals surface area (Å²) < 4.78 is 56.2. The minimum atomic E-state index is -4.55. The molecule has 0 bridgehead atoms. The predicted octanol–water partition coefficient (Wildman–Crippen LogP) is 4.76. The van der Waals surface area contributed by atoms with Crippen molar-refractivity contribution in [3.8, 4) is 11.5 Å². The number of rotatable bonds is 3. The molecule has 0 N–H and O–H groups in total. The van der Waals surface area contributed by atoms with Crippen LogP contribution in [0.15, 0.2) is 36.4 Å². The van der Waals surface area contributed by atoms with Crippen molar-refractivity contribution in [1.82, 2.24) is 0 Å². The Morgan fingerprint density at radius 1 is 1.05 bits per heavy atom. The summed E-state index contributed by atoms with van der Waals surface area (Å²) in [5, 5.41) is 0. The lowest BCUT2D eigenvalue weighted by Crippen LogP contribution is -2.06. The van der Waals surface area contributed by atoms with Crippen molar-refractivity contribution >= 4 is 6.29 Å². The molecule has 0 saturated carbocycles. The van der Waals surface area contributed by atoms with Crippen LogP contribution >= 0.6 is 0 Å². The number of ether oxygens (including phenoxy) is 1. The number of halogens is 4. The van der Waals surface area contributed by atoms with E-state index < -0.39 is 17.6 Å². The number of hydrogen-bond donors (Lipinski definition) is 0. The second-order valence-electron chi connectivity index (χ2n) is 4.38. The Morgan fingerprint density at radius 2 is 1.76 bits per heavy atom. The number of hydrogen-bond acceptors (Lipinski definition) is 2. The van der Waals surface area contributed by atoms with Crippen LogP contribution in [0, 0.1) is 12.7 Å². The number of carbonyl (C=O) groups is 1. The van der Waals surface area contributed by atoms with Gasteiger partial charge in [0.1, 0.15) is 17.3 Å². The van der Waals surface area contributed by atoms with Crippen molar-refractivity contribution in [2.45, 2.75) is 13.1 Å². The Balaban J connectivity index is 2.40. The van der Waals surface area contributed by atoms with Gasteiger partial charge in [-0.15, -0.1) is 0 Å². The van der Waals surface area contributed by atoms with Crippen LogP contribution in [0.3, 0.4) is 0 Å². The summed E-state index contributed by atoms with van der Waals surface area (Å²) in [4.78, 5) is 10.9. The van der Waals surface area contributed by atoms with Crippen molar-refractivity contribution in [3.63, 3.8) is 0 Å². The number of carbonyl (C=O) groups excluding carboxylic acids is 1. The summed E-state index contributed by atoms with van der Waals surface area (Å²) in [5.41, 5.74) is -0.616. The second-order valence-corrected chi connectivity index (χ2v) is 4.38. The molecule has 2 nitrogen and oxygen atoms in total. The molecule has 0 unspecified atom stereocenters. The topological polar surface area (TPSA) is 26.3 Å². The van der Waals surface area contributed by atoms with E-state index in [0.29, 0.717) is 11.6 Å². The minimum absolute atomic E-state index is 0.0632. The summed E-state index contributed by atoms with van der Waals surface area (Å²) in [6.45, 7) is 1.65. The normalized spacial score (nSPS) is 11.3. The van der Waals surface area contributed by atoms with Gasteiger partial charge < -0.3 is 4.74 Å². The summed E-state index contributed by atoms with van der Waals surface area (Å²) in [5.74, 6) is -0.472. The van der Waals surface area contributed by atoms with E-state index in [0.717, 1.165) is 18.2 Å². The first-order valence-electron chi connectivity index (χ1n) is 5.91. The van der Waals surface area contributed by atoms with Crippen LogP contribution in [0.25, 0.3) is 0 Å². The van der Waals surface area contributed by atoms with E-state index in [2.05, 4.69) is 0 Å². The first kappa shape index (κ1) is 15.0. The Bertz CT molecular complexity index is 678. The van der Waals surface area contributed by atoms with Crippen molar-refractivity contribution in [1.29, 1.82) is 0 Å². The van der Waals surface area contributed by atoms with Crippen LogP contribution in [0.2, 0.25) is 0 Å². The maximum absolute atomic E-state index is 13.2. The molecular weight excluding hydrogens is 288 g/mol. The number of aldehydes is 1. The first-order valence-corrected chi connectivity index (χ1v) is 5.91. The molecular formula is C15H10F4O2. The molecule has 0 aromatic heterocycles. The molecule has 0 atom stereocenters. The van der Waals surface area contributed by atoms with Crippen LogP contribution < -0.4 is 4.74 Å². The largest absolute Gasteiger partial charge is 0.456 e. The Labute approximate surface area is 118 Å². The quantitative estimate of drug-likeness (QED) is 0.603. The fraction of sp³-hybridized carbons (Fsp3) is 0.133. The van der Waals surface area contributed by atoms with Crippen LogP contribution in [0.4, 0.5) is 17.6 Å². The molecule has 0 saturated heterocycles. The van der Waals surface area contributed by atoms with Gasteiger partial charge in [-0.25, -0.2) is 4.39 Å². The van der Waals surface area contributed by atoms with Crippen molar-refractivity contribution in [2.75, 3.05) is 0 Å². The maximum atomic E-state index is 13.2. The van der Waals surface area contributed by atoms with Gasteiger partial charge in [0, 0.05) is 6.07 Å². The van der Waals surface area contributed by atoms with Gasteiger partial charge in [-0.2, -0.15) is 13.2 Å². The van der Waals surface area contributed by atoms with E-state index >= 15 is 0 Å². The van der Waals surface area contributed by atoms with Crippen LogP contribution in [-0.4, -0.2) is 6.29 Å². The van der Waals surface area contributed by atoms with E-state index in [1.807, 2.05) is 0 Å². The van der Waals surface area contributed by atoms with E-state index in [9.17, 15) is 22.4 Å². The van der Waals surface area contributed by atoms with Gasteiger partial charge in [0.25, 0.3) is 0 Å². The third-order valence-corrected chi connectivity index (χ3v) is 2.83. The summed E-state index contributed by atoms with van der Waals surface area (Å²) in [7, 11) is 0. The van der Waals surface area contributed by atoms with Crippen LogP contribution in [-0.2, 0) is 6.18 Å². The van der Waals surface area contributed by atoms with E-state index in [1.165, 1.54) is 12.1 Å². The highest BCUT2D eigenvalue weighted by atomic mass is 19.4. The molecule has 0 amide bonds. The molecule has 0 fully saturated rings. The lowest BCUT2D eigenvalue weighted by molar-refractivity contribution is -0.137. The third-order valence-electron chi connectivity index (χ3n) is 2.83. The van der Waals surface area contributed by atoms with E-state index in [4.69, 9.17) is 4.74 Å². The molecule has 110 valence electrons. The summed E-state index contributed by atoms with van der Waals surface area (Å²) >= 11 is 0. The molecule has 0 heterocycles. The monoisotopic (exact) mass is 298 g/mol. The molecule has 0 radical (unpaired) electrons. The van der Waals surface area contributed by atoms with E-state index in [-0.39, 0.29) is 23.3 Å². The zero-order chi connectivity index (χ0) is 15.6. The summed E-state index contributed by atoms with van der Waals surface area (Å²) in [6.07, 6.45) is -4.29. The Hall–Kier alpha value is -2.37. The van der Waals surface area contributed by atoms with Gasteiger partial charge in [-0.3, -0.25) is 4.79 Å². The first-order chi connectivity index (χ1) is 9.81. The average Bonchev–Trinajstić information content (AvgIpc) is 2.42. The molecule has 0 aliphatic rings. The molecule has 2 aromatic rings. The summed E-state index contributed by atoms with van der Waals surface area (Å²) in [6, 6.07) is 6.33. The standard InChI is InChI=1S/C15H10F4O2/c1-9-2-4-12(16)7-14(9)21-13-5-3-11(15(17,18)19)6-10(13)8-20/h2-8H,1H3. The highest BCUT2D eigenvalue weighted by Crippen LogP contribution is 2.34. The molecule has 0 aliphatic carbocycles. The van der Waals surface area contributed by atoms with Crippen LogP contribution in [0.5, 0.6) is 11.5 Å². The highest BCUT2D eigenvalue weighted by Gasteiger charge is 2.31. The molecule has 21 heavy (non-hydrogen) atoms. The molecule has 2 rings (SSSR count). The van der Waals surface area contributed by atoms with E-state index in [1.54, 1.807) is 6.92 Å². The second kappa shape index (κ2) is 5.55.